The first-order valence-corrected chi connectivity index (χ1v) is 5.32. The monoisotopic (exact) mass is 190 g/mol. The molecule has 1 fully saturated rings. The molecule has 2 rings (SSSR count). The highest BCUT2D eigenvalue weighted by Gasteiger charge is 2.21. The maximum absolute atomic E-state index is 5.64. The number of nitrogen functional groups attached to an aromatic ring is 1. The molecule has 0 atom stereocenters. The van der Waals surface area contributed by atoms with Gasteiger partial charge in [0.15, 0.2) is 0 Å². The summed E-state index contributed by atoms with van der Waals surface area (Å²) in [7, 11) is 2.15. The van der Waals surface area contributed by atoms with Crippen LogP contribution in [0.15, 0.2) is 24.3 Å². The first-order chi connectivity index (χ1) is 6.75. The highest BCUT2D eigenvalue weighted by atomic mass is 15.1. The molecule has 76 valence electrons. The molecular weight excluding hydrogens is 172 g/mol. The number of nitrogens with two attached hydrogens (primary N) is 1. The third-order valence-electron chi connectivity index (χ3n) is 2.90. The van der Waals surface area contributed by atoms with Crippen molar-refractivity contribution in [3.63, 3.8) is 0 Å². The van der Waals surface area contributed by atoms with E-state index in [1.807, 2.05) is 12.1 Å². The van der Waals surface area contributed by atoms with Gasteiger partial charge in [-0.05, 0) is 36.6 Å². The fourth-order valence-electron chi connectivity index (χ4n) is 1.64. The zero-order chi connectivity index (χ0) is 9.97. The fourth-order valence-corrected chi connectivity index (χ4v) is 1.64. The number of hydrogen-bond donors (Lipinski definition) is 1. The van der Waals surface area contributed by atoms with Crippen molar-refractivity contribution in [1.82, 2.24) is 0 Å². The summed E-state index contributed by atoms with van der Waals surface area (Å²) in [6, 6.07) is 8.09. The summed E-state index contributed by atoms with van der Waals surface area (Å²) in [5, 5.41) is 0. The quantitative estimate of drug-likeness (QED) is 0.739. The predicted molar refractivity (Wildman–Crippen MR) is 61.5 cm³/mol. The van der Waals surface area contributed by atoms with E-state index in [1.54, 1.807) is 0 Å². The normalized spacial score (nSPS) is 15.5. The minimum absolute atomic E-state index is 0.837. The van der Waals surface area contributed by atoms with E-state index in [1.165, 1.54) is 24.9 Å². The number of benzene rings is 1. The van der Waals surface area contributed by atoms with Gasteiger partial charge in [0.2, 0.25) is 0 Å². The van der Waals surface area contributed by atoms with Crippen molar-refractivity contribution in [3.05, 3.63) is 24.3 Å². The van der Waals surface area contributed by atoms with E-state index >= 15 is 0 Å². The van der Waals surface area contributed by atoms with Crippen LogP contribution < -0.4 is 10.6 Å². The van der Waals surface area contributed by atoms with Gasteiger partial charge >= 0.3 is 0 Å². The zero-order valence-corrected chi connectivity index (χ0v) is 8.74. The van der Waals surface area contributed by atoms with Gasteiger partial charge < -0.3 is 10.6 Å². The van der Waals surface area contributed by atoms with E-state index in [0.717, 1.165) is 18.2 Å². The Balaban J connectivity index is 1.88. The van der Waals surface area contributed by atoms with Gasteiger partial charge in [0.05, 0.1) is 0 Å². The van der Waals surface area contributed by atoms with Crippen molar-refractivity contribution >= 4 is 11.4 Å². The van der Waals surface area contributed by atoms with Crippen molar-refractivity contribution in [3.8, 4) is 0 Å². The fraction of sp³-hybridized carbons (Fsp3) is 0.500. The van der Waals surface area contributed by atoms with E-state index in [9.17, 15) is 0 Å². The van der Waals surface area contributed by atoms with Crippen molar-refractivity contribution in [1.29, 1.82) is 0 Å². The zero-order valence-electron chi connectivity index (χ0n) is 8.74. The molecule has 2 nitrogen and oxygen atoms in total. The molecule has 1 aliphatic rings. The molecule has 1 aromatic carbocycles. The molecule has 2 N–H and O–H groups in total. The number of hydrogen-bond acceptors (Lipinski definition) is 2. The molecule has 0 spiro atoms. The Bertz CT molecular complexity index is 288. The lowest BCUT2D eigenvalue weighted by atomic mass is 10.2. The lowest BCUT2D eigenvalue weighted by Gasteiger charge is -2.19. The van der Waals surface area contributed by atoms with Gasteiger partial charge in [0.25, 0.3) is 0 Å². The van der Waals surface area contributed by atoms with Crippen LogP contribution >= 0.6 is 0 Å². The van der Waals surface area contributed by atoms with Gasteiger partial charge in [-0.2, -0.15) is 0 Å². The maximum atomic E-state index is 5.64. The molecule has 0 aromatic heterocycles. The van der Waals surface area contributed by atoms with Crippen LogP contribution in [0.4, 0.5) is 11.4 Å². The minimum atomic E-state index is 0.837. The highest BCUT2D eigenvalue weighted by Crippen LogP contribution is 2.32. The molecule has 1 aliphatic carbocycles. The largest absolute Gasteiger partial charge is 0.399 e. The summed E-state index contributed by atoms with van der Waals surface area (Å²) in [5.41, 5.74) is 7.74. The molecule has 0 bridgehead atoms. The number of anilines is 2. The van der Waals surface area contributed by atoms with E-state index in [4.69, 9.17) is 5.73 Å². The van der Waals surface area contributed by atoms with Crippen LogP contribution in [0.2, 0.25) is 0 Å². The molecule has 0 radical (unpaired) electrons. The SMILES string of the molecule is CN(CCC1CC1)c1ccc(N)cc1. The van der Waals surface area contributed by atoms with Crippen LogP contribution in [0.1, 0.15) is 19.3 Å². The summed E-state index contributed by atoms with van der Waals surface area (Å²) >= 11 is 0. The van der Waals surface area contributed by atoms with Crippen LogP contribution in [-0.2, 0) is 0 Å². The van der Waals surface area contributed by atoms with Gasteiger partial charge in [-0.15, -0.1) is 0 Å². The average Bonchev–Trinajstić information content (AvgIpc) is 2.99. The van der Waals surface area contributed by atoms with Crippen molar-refractivity contribution in [2.75, 3.05) is 24.2 Å². The molecular formula is C12H18N2. The summed E-state index contributed by atoms with van der Waals surface area (Å²) < 4.78 is 0. The molecule has 2 heteroatoms. The summed E-state index contributed by atoms with van der Waals surface area (Å²) in [5.74, 6) is 1.01. The Morgan fingerprint density at radius 1 is 1.29 bits per heavy atom. The van der Waals surface area contributed by atoms with Crippen molar-refractivity contribution < 1.29 is 0 Å². The molecule has 0 aliphatic heterocycles. The molecule has 0 heterocycles. The van der Waals surface area contributed by atoms with Crippen LogP contribution in [0.25, 0.3) is 0 Å². The Labute approximate surface area is 85.7 Å². The van der Waals surface area contributed by atoms with Crippen LogP contribution in [0.5, 0.6) is 0 Å². The van der Waals surface area contributed by atoms with E-state index in [0.29, 0.717) is 0 Å². The van der Waals surface area contributed by atoms with Gasteiger partial charge in [-0.3, -0.25) is 0 Å². The van der Waals surface area contributed by atoms with Crippen LogP contribution in [0.3, 0.4) is 0 Å². The smallest absolute Gasteiger partial charge is 0.0365 e. The molecule has 0 saturated heterocycles. The van der Waals surface area contributed by atoms with Gasteiger partial charge in [-0.25, -0.2) is 0 Å². The second-order valence-corrected chi connectivity index (χ2v) is 4.25. The van der Waals surface area contributed by atoms with Crippen LogP contribution in [-0.4, -0.2) is 13.6 Å². The molecule has 14 heavy (non-hydrogen) atoms. The summed E-state index contributed by atoms with van der Waals surface area (Å²) in [6.45, 7) is 1.16. The highest BCUT2D eigenvalue weighted by molar-refractivity contribution is 5.52. The Morgan fingerprint density at radius 2 is 1.93 bits per heavy atom. The lowest BCUT2D eigenvalue weighted by Crippen LogP contribution is -2.18. The van der Waals surface area contributed by atoms with Gasteiger partial charge in [-0.1, -0.05) is 12.8 Å². The van der Waals surface area contributed by atoms with Crippen molar-refractivity contribution in [2.24, 2.45) is 5.92 Å². The topological polar surface area (TPSA) is 29.3 Å². The van der Waals surface area contributed by atoms with Gasteiger partial charge in [0, 0.05) is 25.0 Å². The Morgan fingerprint density at radius 3 is 2.50 bits per heavy atom. The summed E-state index contributed by atoms with van der Waals surface area (Å²) in [4.78, 5) is 2.30. The van der Waals surface area contributed by atoms with E-state index < -0.39 is 0 Å². The Kier molecular flexibility index (Phi) is 2.62. The standard InChI is InChI=1S/C12H18N2/c1-14(9-8-10-2-3-10)12-6-4-11(13)5-7-12/h4-7,10H,2-3,8-9,13H2,1H3. The first-order valence-electron chi connectivity index (χ1n) is 5.32. The van der Waals surface area contributed by atoms with Crippen molar-refractivity contribution in [2.45, 2.75) is 19.3 Å². The maximum Gasteiger partial charge on any atom is 0.0365 e. The van der Waals surface area contributed by atoms with E-state index in [2.05, 4.69) is 24.1 Å². The van der Waals surface area contributed by atoms with E-state index in [-0.39, 0.29) is 0 Å². The third-order valence-corrected chi connectivity index (χ3v) is 2.90. The molecule has 0 unspecified atom stereocenters. The number of rotatable bonds is 4. The average molecular weight is 190 g/mol. The molecule has 0 amide bonds. The van der Waals surface area contributed by atoms with Crippen LogP contribution in [0, 0.1) is 5.92 Å². The third kappa shape index (κ3) is 2.41. The predicted octanol–water partition coefficient (Wildman–Crippen LogP) is 2.51. The number of nitrogens with zero attached hydrogens (tertiary/aromatic N) is 1. The molecule has 1 aromatic rings. The Hall–Kier alpha value is -1.18. The van der Waals surface area contributed by atoms with Gasteiger partial charge in [0.1, 0.15) is 0 Å². The minimum Gasteiger partial charge on any atom is -0.399 e. The molecule has 1 saturated carbocycles. The second kappa shape index (κ2) is 3.91. The lowest BCUT2D eigenvalue weighted by molar-refractivity contribution is 0.711. The second-order valence-electron chi connectivity index (χ2n) is 4.25. The first kappa shape index (κ1) is 9.38. The summed E-state index contributed by atoms with van der Waals surface area (Å²) in [6.07, 6.45) is 4.21.